The molecule has 0 aliphatic carbocycles. The highest BCUT2D eigenvalue weighted by molar-refractivity contribution is 9.10. The Morgan fingerprint density at radius 2 is 2.38 bits per heavy atom. The molecule has 1 fully saturated rings. The molecule has 2 nitrogen and oxygen atoms in total. The lowest BCUT2D eigenvalue weighted by Gasteiger charge is -2.08. The number of rotatable bonds is 3. The van der Waals surface area contributed by atoms with Crippen molar-refractivity contribution in [1.29, 1.82) is 0 Å². The Bertz CT molecular complexity index is 402. The van der Waals surface area contributed by atoms with E-state index in [1.165, 1.54) is 12.1 Å². The van der Waals surface area contributed by atoms with Gasteiger partial charge in [0.05, 0.1) is 0 Å². The van der Waals surface area contributed by atoms with Crippen molar-refractivity contribution in [3.63, 3.8) is 0 Å². The van der Waals surface area contributed by atoms with Crippen LogP contribution in [0.25, 0.3) is 0 Å². The van der Waals surface area contributed by atoms with Crippen molar-refractivity contribution in [1.82, 2.24) is 5.32 Å². The first-order valence-corrected chi connectivity index (χ1v) is 6.13. The van der Waals surface area contributed by atoms with Gasteiger partial charge >= 0.3 is 0 Å². The molecule has 1 heterocycles. The Hall–Kier alpha value is -0.740. The maximum absolute atomic E-state index is 12.9. The van der Waals surface area contributed by atoms with Crippen molar-refractivity contribution >= 4 is 21.7 Å². The number of carbonyl (C=O) groups excluding carboxylic acids is 1. The molecule has 1 saturated heterocycles. The molecule has 4 heteroatoms. The SMILES string of the molecule is O=C(Cc1ccc(F)cc1Br)C1CCNC1. The first kappa shape index (κ1) is 11.7. The van der Waals surface area contributed by atoms with Crippen LogP contribution < -0.4 is 5.32 Å². The molecule has 2 rings (SSSR count). The third-order valence-corrected chi connectivity index (χ3v) is 3.63. The molecule has 0 saturated carbocycles. The second-order valence-corrected chi connectivity index (χ2v) is 4.92. The molecule has 1 unspecified atom stereocenters. The van der Waals surface area contributed by atoms with Crippen LogP contribution >= 0.6 is 15.9 Å². The minimum atomic E-state index is -0.286. The molecule has 1 aliphatic rings. The predicted octanol–water partition coefficient (Wildman–Crippen LogP) is 2.31. The minimum Gasteiger partial charge on any atom is -0.316 e. The molecule has 1 N–H and O–H groups in total. The number of Topliss-reactive ketones (excluding diaryl/α,β-unsaturated/α-hetero) is 1. The Balaban J connectivity index is 2.05. The summed E-state index contributed by atoms with van der Waals surface area (Å²) in [4.78, 5) is 11.9. The lowest BCUT2D eigenvalue weighted by Crippen LogP contribution is -2.19. The van der Waals surface area contributed by atoms with Crippen molar-refractivity contribution in [2.75, 3.05) is 13.1 Å². The highest BCUT2D eigenvalue weighted by atomic mass is 79.9. The Kier molecular flexibility index (Phi) is 3.71. The highest BCUT2D eigenvalue weighted by Crippen LogP contribution is 2.21. The number of benzene rings is 1. The molecule has 86 valence electrons. The van der Waals surface area contributed by atoms with Crippen LogP contribution in [0.3, 0.4) is 0 Å². The van der Waals surface area contributed by atoms with Crippen LogP contribution in [-0.2, 0) is 11.2 Å². The van der Waals surface area contributed by atoms with Crippen molar-refractivity contribution in [2.45, 2.75) is 12.8 Å². The van der Waals surface area contributed by atoms with E-state index in [0.29, 0.717) is 10.9 Å². The number of hydrogen-bond acceptors (Lipinski definition) is 2. The molecule has 1 aromatic carbocycles. The average molecular weight is 286 g/mol. The minimum absolute atomic E-state index is 0.122. The van der Waals surface area contributed by atoms with E-state index in [2.05, 4.69) is 21.2 Å². The molecule has 0 radical (unpaired) electrons. The van der Waals surface area contributed by atoms with Gasteiger partial charge in [-0.25, -0.2) is 4.39 Å². The van der Waals surface area contributed by atoms with Crippen LogP contribution in [0.15, 0.2) is 22.7 Å². The van der Waals surface area contributed by atoms with E-state index >= 15 is 0 Å². The van der Waals surface area contributed by atoms with Gasteiger partial charge < -0.3 is 5.32 Å². The molecule has 0 bridgehead atoms. The van der Waals surface area contributed by atoms with Crippen LogP contribution in [-0.4, -0.2) is 18.9 Å². The summed E-state index contributed by atoms with van der Waals surface area (Å²) in [6.45, 7) is 1.69. The number of carbonyl (C=O) groups is 1. The van der Waals surface area contributed by atoms with Crippen molar-refractivity contribution < 1.29 is 9.18 Å². The molecular formula is C12H13BrFNO. The Labute approximate surface area is 102 Å². The van der Waals surface area contributed by atoms with Crippen molar-refractivity contribution in [3.05, 3.63) is 34.1 Å². The fourth-order valence-electron chi connectivity index (χ4n) is 1.93. The van der Waals surface area contributed by atoms with Gasteiger partial charge in [0.15, 0.2) is 0 Å². The first-order chi connectivity index (χ1) is 7.66. The van der Waals surface area contributed by atoms with E-state index in [1.807, 2.05) is 0 Å². The predicted molar refractivity (Wildman–Crippen MR) is 63.8 cm³/mol. The topological polar surface area (TPSA) is 29.1 Å². The zero-order valence-electron chi connectivity index (χ0n) is 8.80. The number of nitrogens with one attached hydrogen (secondary N) is 1. The monoisotopic (exact) mass is 285 g/mol. The van der Waals surface area contributed by atoms with E-state index in [0.717, 1.165) is 25.1 Å². The zero-order valence-corrected chi connectivity index (χ0v) is 10.4. The largest absolute Gasteiger partial charge is 0.316 e. The standard InChI is InChI=1S/C12H13BrFNO/c13-11-6-10(14)2-1-8(11)5-12(16)9-3-4-15-7-9/h1-2,6,9,15H,3-5,7H2. The van der Waals surface area contributed by atoms with E-state index in [-0.39, 0.29) is 17.5 Å². The van der Waals surface area contributed by atoms with Gasteiger partial charge in [0.25, 0.3) is 0 Å². The fraction of sp³-hybridized carbons (Fsp3) is 0.417. The maximum atomic E-state index is 12.9. The van der Waals surface area contributed by atoms with Crippen molar-refractivity contribution in [3.8, 4) is 0 Å². The summed E-state index contributed by atoms with van der Waals surface area (Å²) in [7, 11) is 0. The highest BCUT2D eigenvalue weighted by Gasteiger charge is 2.22. The smallest absolute Gasteiger partial charge is 0.141 e. The van der Waals surface area contributed by atoms with Gasteiger partial charge in [-0.05, 0) is 30.7 Å². The molecule has 1 aromatic rings. The average Bonchev–Trinajstić information content (AvgIpc) is 2.75. The maximum Gasteiger partial charge on any atom is 0.141 e. The molecule has 16 heavy (non-hydrogen) atoms. The van der Waals surface area contributed by atoms with Crippen molar-refractivity contribution in [2.24, 2.45) is 5.92 Å². The second-order valence-electron chi connectivity index (χ2n) is 4.07. The van der Waals surface area contributed by atoms with Crippen LogP contribution in [0.2, 0.25) is 0 Å². The van der Waals surface area contributed by atoms with E-state index in [4.69, 9.17) is 0 Å². The van der Waals surface area contributed by atoms with Crippen LogP contribution in [0.4, 0.5) is 4.39 Å². The quantitative estimate of drug-likeness (QED) is 0.924. The van der Waals surface area contributed by atoms with Gasteiger partial charge in [-0.2, -0.15) is 0 Å². The molecule has 1 atom stereocenters. The lowest BCUT2D eigenvalue weighted by atomic mass is 9.97. The van der Waals surface area contributed by atoms with Gasteiger partial charge in [-0.15, -0.1) is 0 Å². The van der Waals surface area contributed by atoms with Gasteiger partial charge in [-0.3, -0.25) is 4.79 Å². The first-order valence-electron chi connectivity index (χ1n) is 5.34. The summed E-state index contributed by atoms with van der Waals surface area (Å²) >= 11 is 3.28. The summed E-state index contributed by atoms with van der Waals surface area (Å²) in [6.07, 6.45) is 1.30. The van der Waals surface area contributed by atoms with Gasteiger partial charge in [0, 0.05) is 23.4 Å². The lowest BCUT2D eigenvalue weighted by molar-refractivity contribution is -0.121. The third-order valence-electron chi connectivity index (χ3n) is 2.90. The summed E-state index contributed by atoms with van der Waals surface area (Å²) < 4.78 is 13.5. The molecule has 0 aromatic heterocycles. The molecule has 0 spiro atoms. The van der Waals surface area contributed by atoms with E-state index < -0.39 is 0 Å². The second kappa shape index (κ2) is 5.06. The van der Waals surface area contributed by atoms with Gasteiger partial charge in [0.1, 0.15) is 11.6 Å². The van der Waals surface area contributed by atoms with Crippen LogP contribution in [0.5, 0.6) is 0 Å². The Morgan fingerprint density at radius 1 is 1.56 bits per heavy atom. The number of hydrogen-bond donors (Lipinski definition) is 1. The molecule has 0 amide bonds. The third kappa shape index (κ3) is 2.68. The summed E-state index contributed by atoms with van der Waals surface area (Å²) in [5.74, 6) is 0.0693. The molecule has 1 aliphatic heterocycles. The van der Waals surface area contributed by atoms with Crippen LogP contribution in [0.1, 0.15) is 12.0 Å². The van der Waals surface area contributed by atoms with E-state index in [9.17, 15) is 9.18 Å². The van der Waals surface area contributed by atoms with Crippen LogP contribution in [0, 0.1) is 11.7 Å². The summed E-state index contributed by atoms with van der Waals surface area (Å²) in [6, 6.07) is 4.45. The summed E-state index contributed by atoms with van der Waals surface area (Å²) in [5.41, 5.74) is 0.860. The zero-order chi connectivity index (χ0) is 11.5. The Morgan fingerprint density at radius 3 is 3.00 bits per heavy atom. The number of halogens is 2. The van der Waals surface area contributed by atoms with Gasteiger partial charge in [0.2, 0.25) is 0 Å². The fourth-order valence-corrected chi connectivity index (χ4v) is 2.42. The normalized spacial score (nSPS) is 20.0. The molecular weight excluding hydrogens is 273 g/mol. The summed E-state index contributed by atoms with van der Waals surface area (Å²) in [5, 5.41) is 3.17. The van der Waals surface area contributed by atoms with Gasteiger partial charge in [-0.1, -0.05) is 22.0 Å². The van der Waals surface area contributed by atoms with E-state index in [1.54, 1.807) is 6.07 Å². The number of ketones is 1.